The molecule has 16 heavy (non-hydrogen) atoms. The number of nitrogens with zero attached hydrogens (tertiary/aromatic N) is 2. The van der Waals surface area contributed by atoms with Gasteiger partial charge in [-0.3, -0.25) is 0 Å². The van der Waals surface area contributed by atoms with E-state index in [4.69, 9.17) is 5.73 Å². The molecule has 1 aliphatic carbocycles. The number of thioether (sulfide) groups is 1. The van der Waals surface area contributed by atoms with Gasteiger partial charge < -0.3 is 10.3 Å². The predicted octanol–water partition coefficient (Wildman–Crippen LogP) is 2.75. The first-order valence-corrected chi connectivity index (χ1v) is 7.31. The van der Waals surface area contributed by atoms with Crippen molar-refractivity contribution in [1.82, 2.24) is 9.55 Å². The molecule has 0 bridgehead atoms. The molecule has 0 aliphatic heterocycles. The summed E-state index contributed by atoms with van der Waals surface area (Å²) in [5.41, 5.74) is 7.13. The highest BCUT2D eigenvalue weighted by Crippen LogP contribution is 2.34. The Morgan fingerprint density at radius 1 is 1.44 bits per heavy atom. The van der Waals surface area contributed by atoms with Crippen LogP contribution in [0.5, 0.6) is 0 Å². The highest BCUT2D eigenvalue weighted by Gasteiger charge is 2.23. The van der Waals surface area contributed by atoms with Crippen molar-refractivity contribution in [3.63, 3.8) is 0 Å². The van der Waals surface area contributed by atoms with Crippen molar-refractivity contribution in [3.05, 3.63) is 18.2 Å². The minimum atomic E-state index is 0.0840. The van der Waals surface area contributed by atoms with E-state index in [-0.39, 0.29) is 6.04 Å². The molecule has 1 aliphatic rings. The van der Waals surface area contributed by atoms with Gasteiger partial charge in [-0.2, -0.15) is 11.8 Å². The first-order valence-electron chi connectivity index (χ1n) is 6.02. The van der Waals surface area contributed by atoms with Gasteiger partial charge in [0.05, 0.1) is 12.0 Å². The van der Waals surface area contributed by atoms with Crippen molar-refractivity contribution < 1.29 is 0 Å². The predicted molar refractivity (Wildman–Crippen MR) is 69.6 cm³/mol. The first kappa shape index (κ1) is 12.0. The van der Waals surface area contributed by atoms with Crippen molar-refractivity contribution in [2.45, 2.75) is 49.9 Å². The Hall–Kier alpha value is -0.480. The third-order valence-electron chi connectivity index (χ3n) is 3.53. The van der Waals surface area contributed by atoms with Gasteiger partial charge in [0.2, 0.25) is 0 Å². The number of hydrogen-bond acceptors (Lipinski definition) is 3. The van der Waals surface area contributed by atoms with Crippen LogP contribution in [0.1, 0.15) is 50.4 Å². The van der Waals surface area contributed by atoms with E-state index >= 15 is 0 Å². The van der Waals surface area contributed by atoms with E-state index in [9.17, 15) is 0 Å². The molecule has 3 nitrogen and oxygen atoms in total. The number of hydrogen-bond donors (Lipinski definition) is 1. The number of rotatable bonds is 3. The maximum atomic E-state index is 5.95. The van der Waals surface area contributed by atoms with Gasteiger partial charge in [0.25, 0.3) is 0 Å². The molecular formula is C12H21N3S. The average molecular weight is 239 g/mol. The Labute approximate surface area is 102 Å². The molecule has 2 rings (SSSR count). The van der Waals surface area contributed by atoms with Gasteiger partial charge in [0.15, 0.2) is 0 Å². The Balaban J connectivity index is 2.05. The van der Waals surface area contributed by atoms with E-state index in [1.807, 2.05) is 31.2 Å². The molecule has 4 heteroatoms. The largest absolute Gasteiger partial charge is 0.330 e. The summed E-state index contributed by atoms with van der Waals surface area (Å²) < 4.78 is 2.29. The summed E-state index contributed by atoms with van der Waals surface area (Å²) in [6, 6.07) is 0.702. The summed E-state index contributed by atoms with van der Waals surface area (Å²) in [4.78, 5) is 4.24. The maximum absolute atomic E-state index is 5.95. The monoisotopic (exact) mass is 239 g/mol. The molecule has 0 aromatic carbocycles. The number of imidazole rings is 1. The first-order chi connectivity index (χ1) is 7.72. The molecule has 1 aromatic heterocycles. The molecule has 0 unspecified atom stereocenters. The Morgan fingerprint density at radius 2 is 2.12 bits per heavy atom. The highest BCUT2D eigenvalue weighted by molar-refractivity contribution is 7.99. The summed E-state index contributed by atoms with van der Waals surface area (Å²) in [5, 5.41) is 0.860. The average Bonchev–Trinajstić information content (AvgIpc) is 2.78. The van der Waals surface area contributed by atoms with Crippen LogP contribution < -0.4 is 5.73 Å². The molecule has 2 N–H and O–H groups in total. The normalized spacial score (nSPS) is 27.9. The van der Waals surface area contributed by atoms with E-state index in [1.165, 1.54) is 31.4 Å². The van der Waals surface area contributed by atoms with Gasteiger partial charge >= 0.3 is 0 Å². The van der Waals surface area contributed by atoms with Crippen LogP contribution in [0.15, 0.2) is 12.5 Å². The summed E-state index contributed by atoms with van der Waals surface area (Å²) in [6.45, 7) is 2.03. The van der Waals surface area contributed by atoms with Crippen molar-refractivity contribution in [3.8, 4) is 0 Å². The minimum absolute atomic E-state index is 0.0840. The van der Waals surface area contributed by atoms with Crippen LogP contribution in [0.4, 0.5) is 0 Å². The van der Waals surface area contributed by atoms with Crippen LogP contribution >= 0.6 is 11.8 Å². The van der Waals surface area contributed by atoms with E-state index in [1.54, 1.807) is 0 Å². The van der Waals surface area contributed by atoms with Crippen LogP contribution in [0.25, 0.3) is 0 Å². The molecular weight excluding hydrogens is 218 g/mol. The lowest BCUT2D eigenvalue weighted by Crippen LogP contribution is -2.22. The molecule has 1 heterocycles. The van der Waals surface area contributed by atoms with Gasteiger partial charge in [-0.1, -0.05) is 0 Å². The second-order valence-electron chi connectivity index (χ2n) is 4.68. The summed E-state index contributed by atoms with van der Waals surface area (Å²) >= 11 is 2.01. The van der Waals surface area contributed by atoms with Gasteiger partial charge in [0.1, 0.15) is 0 Å². The molecule has 0 amide bonds. The van der Waals surface area contributed by atoms with Crippen molar-refractivity contribution in [2.75, 3.05) is 6.26 Å². The molecule has 0 saturated heterocycles. The number of nitrogens with two attached hydrogens (primary N) is 1. The van der Waals surface area contributed by atoms with Gasteiger partial charge in [-0.05, 0) is 38.9 Å². The summed E-state index contributed by atoms with van der Waals surface area (Å²) in [7, 11) is 0. The van der Waals surface area contributed by atoms with E-state index in [2.05, 4.69) is 15.8 Å². The summed E-state index contributed by atoms with van der Waals surface area (Å²) in [6.07, 6.45) is 11.2. The molecule has 1 aromatic rings. The highest BCUT2D eigenvalue weighted by atomic mass is 32.2. The zero-order valence-electron chi connectivity index (χ0n) is 10.1. The third-order valence-corrected chi connectivity index (χ3v) is 4.67. The minimum Gasteiger partial charge on any atom is -0.330 e. The van der Waals surface area contributed by atoms with Gasteiger partial charge in [-0.15, -0.1) is 0 Å². The zero-order chi connectivity index (χ0) is 11.5. The SMILES string of the molecule is CSC1CCC(n2cncc2[C@@H](C)N)CC1. The van der Waals surface area contributed by atoms with E-state index < -0.39 is 0 Å². The van der Waals surface area contributed by atoms with Crippen LogP contribution in [0.3, 0.4) is 0 Å². The van der Waals surface area contributed by atoms with Gasteiger partial charge in [0, 0.05) is 23.5 Å². The second-order valence-corrected chi connectivity index (χ2v) is 5.82. The maximum Gasteiger partial charge on any atom is 0.0951 e. The zero-order valence-corrected chi connectivity index (χ0v) is 10.9. The van der Waals surface area contributed by atoms with Crippen LogP contribution in [0.2, 0.25) is 0 Å². The Kier molecular flexibility index (Phi) is 3.92. The quantitative estimate of drug-likeness (QED) is 0.882. The topological polar surface area (TPSA) is 43.8 Å². The van der Waals surface area contributed by atoms with Crippen LogP contribution in [-0.4, -0.2) is 21.1 Å². The van der Waals surface area contributed by atoms with Crippen molar-refractivity contribution in [1.29, 1.82) is 0 Å². The van der Waals surface area contributed by atoms with Crippen LogP contribution in [0, 0.1) is 0 Å². The molecule has 90 valence electrons. The Morgan fingerprint density at radius 3 is 2.69 bits per heavy atom. The lowest BCUT2D eigenvalue weighted by Gasteiger charge is -2.29. The fourth-order valence-corrected chi connectivity index (χ4v) is 3.28. The molecule has 1 saturated carbocycles. The smallest absolute Gasteiger partial charge is 0.0951 e. The lowest BCUT2D eigenvalue weighted by atomic mass is 9.94. The third kappa shape index (κ3) is 2.43. The summed E-state index contributed by atoms with van der Waals surface area (Å²) in [5.74, 6) is 0. The van der Waals surface area contributed by atoms with Crippen molar-refractivity contribution >= 4 is 11.8 Å². The lowest BCUT2D eigenvalue weighted by molar-refractivity contribution is 0.349. The molecule has 1 fully saturated rings. The molecule has 0 spiro atoms. The van der Waals surface area contributed by atoms with Crippen molar-refractivity contribution in [2.24, 2.45) is 5.73 Å². The standard InChI is InChI=1S/C12H21N3S/c1-9(13)12-7-14-8-15(12)10-3-5-11(16-2)6-4-10/h7-11H,3-6,13H2,1-2H3/t9-,10?,11?/m1/s1. The second kappa shape index (κ2) is 5.23. The molecule has 0 radical (unpaired) electrons. The van der Waals surface area contributed by atoms with Gasteiger partial charge in [-0.25, -0.2) is 4.98 Å². The van der Waals surface area contributed by atoms with E-state index in [0.717, 1.165) is 5.25 Å². The molecule has 1 atom stereocenters. The van der Waals surface area contributed by atoms with Crippen LogP contribution in [-0.2, 0) is 0 Å². The fraction of sp³-hybridized carbons (Fsp3) is 0.750. The Bertz CT molecular complexity index is 327. The fourth-order valence-electron chi connectivity index (χ4n) is 2.53. The van der Waals surface area contributed by atoms with E-state index in [0.29, 0.717) is 6.04 Å². The number of aromatic nitrogens is 2.